The average Bonchev–Trinajstić information content (AvgIpc) is 2.34. The van der Waals surface area contributed by atoms with Crippen molar-refractivity contribution in [3.63, 3.8) is 0 Å². The van der Waals surface area contributed by atoms with Crippen molar-refractivity contribution >= 4 is 17.3 Å². The number of benzene rings is 2. The van der Waals surface area contributed by atoms with E-state index >= 15 is 0 Å². The molecule has 0 saturated carbocycles. The lowest BCUT2D eigenvalue weighted by molar-refractivity contribution is 0.102. The van der Waals surface area contributed by atoms with Gasteiger partial charge >= 0.3 is 0 Å². The molecule has 0 fully saturated rings. The monoisotopic (exact) mass is 242 g/mol. The van der Waals surface area contributed by atoms with Gasteiger partial charge in [0.05, 0.1) is 0 Å². The molecule has 0 aliphatic rings. The van der Waals surface area contributed by atoms with Gasteiger partial charge in [0.1, 0.15) is 5.75 Å². The number of carbonyl (C=O) groups excluding carboxylic acids is 1. The van der Waals surface area contributed by atoms with Crippen LogP contribution in [0, 0.1) is 6.92 Å². The van der Waals surface area contributed by atoms with Gasteiger partial charge < -0.3 is 16.2 Å². The van der Waals surface area contributed by atoms with Gasteiger partial charge in [-0.1, -0.05) is 0 Å². The molecule has 4 heteroatoms. The molecule has 0 bridgehead atoms. The normalized spacial score (nSPS) is 10.1. The highest BCUT2D eigenvalue weighted by molar-refractivity contribution is 6.04. The second kappa shape index (κ2) is 4.79. The summed E-state index contributed by atoms with van der Waals surface area (Å²) < 4.78 is 0. The van der Waals surface area contributed by atoms with Crippen molar-refractivity contribution in [1.82, 2.24) is 0 Å². The lowest BCUT2D eigenvalue weighted by Gasteiger charge is -2.07. The number of aryl methyl sites for hydroxylation is 1. The van der Waals surface area contributed by atoms with Gasteiger partial charge in [0, 0.05) is 16.9 Å². The Balaban J connectivity index is 2.16. The van der Waals surface area contributed by atoms with Crippen molar-refractivity contribution in [1.29, 1.82) is 0 Å². The molecular formula is C14H14N2O2. The standard InChI is InChI=1S/C14H14N2O2/c1-9-8-11(4-7-13(9)15)16-14(18)10-2-5-12(17)6-3-10/h2-8,17H,15H2,1H3,(H,16,18). The second-order valence-electron chi connectivity index (χ2n) is 4.07. The number of carbonyl (C=O) groups is 1. The van der Waals surface area contributed by atoms with Gasteiger partial charge in [-0.3, -0.25) is 4.79 Å². The molecule has 0 spiro atoms. The maximum atomic E-state index is 11.9. The zero-order chi connectivity index (χ0) is 13.1. The number of anilines is 2. The summed E-state index contributed by atoms with van der Waals surface area (Å²) >= 11 is 0. The Morgan fingerprint density at radius 2 is 1.83 bits per heavy atom. The molecule has 2 aromatic rings. The summed E-state index contributed by atoms with van der Waals surface area (Å²) in [6.07, 6.45) is 0. The summed E-state index contributed by atoms with van der Waals surface area (Å²) in [5.41, 5.74) is 8.50. The first-order valence-electron chi connectivity index (χ1n) is 5.53. The van der Waals surface area contributed by atoms with Crippen LogP contribution in [0.1, 0.15) is 15.9 Å². The molecule has 2 aromatic carbocycles. The molecule has 92 valence electrons. The number of aromatic hydroxyl groups is 1. The quantitative estimate of drug-likeness (QED) is 0.708. The van der Waals surface area contributed by atoms with Gasteiger partial charge in [0.2, 0.25) is 0 Å². The van der Waals surface area contributed by atoms with Crippen molar-refractivity contribution in [2.24, 2.45) is 0 Å². The van der Waals surface area contributed by atoms with Crippen LogP contribution in [-0.2, 0) is 0 Å². The minimum atomic E-state index is -0.223. The number of phenolic OH excluding ortho intramolecular Hbond substituents is 1. The van der Waals surface area contributed by atoms with Crippen LogP contribution in [0.2, 0.25) is 0 Å². The van der Waals surface area contributed by atoms with Crippen molar-refractivity contribution in [3.8, 4) is 5.75 Å². The molecule has 0 heterocycles. The summed E-state index contributed by atoms with van der Waals surface area (Å²) in [4.78, 5) is 11.9. The van der Waals surface area contributed by atoms with Crippen LogP contribution in [0.25, 0.3) is 0 Å². The van der Waals surface area contributed by atoms with Crippen LogP contribution in [-0.4, -0.2) is 11.0 Å². The highest BCUT2D eigenvalue weighted by atomic mass is 16.3. The fourth-order valence-corrected chi connectivity index (χ4v) is 1.57. The second-order valence-corrected chi connectivity index (χ2v) is 4.07. The third-order valence-corrected chi connectivity index (χ3v) is 2.66. The van der Waals surface area contributed by atoms with Gasteiger partial charge in [-0.25, -0.2) is 0 Å². The van der Waals surface area contributed by atoms with Crippen LogP contribution < -0.4 is 11.1 Å². The lowest BCUT2D eigenvalue weighted by atomic mass is 10.1. The van der Waals surface area contributed by atoms with Crippen molar-refractivity contribution < 1.29 is 9.90 Å². The number of phenols is 1. The molecule has 0 saturated heterocycles. The summed E-state index contributed by atoms with van der Waals surface area (Å²) in [6, 6.07) is 11.4. The van der Waals surface area contributed by atoms with Gasteiger partial charge in [-0.05, 0) is 55.0 Å². The summed E-state index contributed by atoms with van der Waals surface area (Å²) in [6.45, 7) is 1.88. The van der Waals surface area contributed by atoms with E-state index in [1.54, 1.807) is 24.3 Å². The number of hydrogen-bond acceptors (Lipinski definition) is 3. The molecule has 0 aliphatic heterocycles. The average molecular weight is 242 g/mol. The third-order valence-electron chi connectivity index (χ3n) is 2.66. The highest BCUT2D eigenvalue weighted by Crippen LogP contribution is 2.18. The summed E-state index contributed by atoms with van der Waals surface area (Å²) in [5, 5.41) is 11.9. The molecular weight excluding hydrogens is 228 g/mol. The van der Waals surface area contributed by atoms with Crippen LogP contribution in [0.15, 0.2) is 42.5 Å². The Morgan fingerprint density at radius 1 is 1.17 bits per heavy atom. The Kier molecular flexibility index (Phi) is 3.19. The fourth-order valence-electron chi connectivity index (χ4n) is 1.57. The molecule has 0 unspecified atom stereocenters. The van der Waals surface area contributed by atoms with Crippen molar-refractivity contribution in [2.45, 2.75) is 6.92 Å². The first-order chi connectivity index (χ1) is 8.56. The zero-order valence-corrected chi connectivity index (χ0v) is 9.97. The topological polar surface area (TPSA) is 75.3 Å². The van der Waals surface area contributed by atoms with E-state index in [-0.39, 0.29) is 11.7 Å². The van der Waals surface area contributed by atoms with Gasteiger partial charge in [-0.2, -0.15) is 0 Å². The van der Waals surface area contributed by atoms with E-state index in [2.05, 4.69) is 5.32 Å². The van der Waals surface area contributed by atoms with Crippen LogP contribution in [0.4, 0.5) is 11.4 Å². The number of amides is 1. The minimum Gasteiger partial charge on any atom is -0.508 e. The molecule has 4 nitrogen and oxygen atoms in total. The lowest BCUT2D eigenvalue weighted by Crippen LogP contribution is -2.11. The van der Waals surface area contributed by atoms with Crippen LogP contribution in [0.5, 0.6) is 5.75 Å². The van der Waals surface area contributed by atoms with E-state index in [0.717, 1.165) is 5.56 Å². The number of rotatable bonds is 2. The van der Waals surface area contributed by atoms with E-state index in [4.69, 9.17) is 10.8 Å². The van der Waals surface area contributed by atoms with E-state index in [1.807, 2.05) is 13.0 Å². The number of hydrogen-bond donors (Lipinski definition) is 3. The predicted molar refractivity (Wildman–Crippen MR) is 71.7 cm³/mol. The Morgan fingerprint density at radius 3 is 2.44 bits per heavy atom. The first kappa shape index (κ1) is 12.0. The molecule has 0 radical (unpaired) electrons. The maximum absolute atomic E-state index is 11.9. The molecule has 0 atom stereocenters. The molecule has 0 aliphatic carbocycles. The van der Waals surface area contributed by atoms with Crippen molar-refractivity contribution in [2.75, 3.05) is 11.1 Å². The van der Waals surface area contributed by atoms with Crippen LogP contribution >= 0.6 is 0 Å². The molecule has 18 heavy (non-hydrogen) atoms. The predicted octanol–water partition coefficient (Wildman–Crippen LogP) is 2.54. The van der Waals surface area contributed by atoms with E-state index in [9.17, 15) is 4.79 Å². The molecule has 2 rings (SSSR count). The summed E-state index contributed by atoms with van der Waals surface area (Å²) in [5.74, 6) is -0.0888. The smallest absolute Gasteiger partial charge is 0.255 e. The minimum absolute atomic E-state index is 0.134. The first-order valence-corrected chi connectivity index (χ1v) is 5.53. The molecule has 0 aromatic heterocycles. The van der Waals surface area contributed by atoms with Gasteiger partial charge in [0.25, 0.3) is 5.91 Å². The number of nitrogens with one attached hydrogen (secondary N) is 1. The van der Waals surface area contributed by atoms with E-state index < -0.39 is 0 Å². The largest absolute Gasteiger partial charge is 0.508 e. The van der Waals surface area contributed by atoms with Gasteiger partial charge in [0.15, 0.2) is 0 Å². The summed E-state index contributed by atoms with van der Waals surface area (Å²) in [7, 11) is 0. The number of nitrogen functional groups attached to an aromatic ring is 1. The SMILES string of the molecule is Cc1cc(NC(=O)c2ccc(O)cc2)ccc1N. The fraction of sp³-hybridized carbons (Fsp3) is 0.0714. The van der Waals surface area contributed by atoms with Crippen LogP contribution in [0.3, 0.4) is 0 Å². The van der Waals surface area contributed by atoms with E-state index in [0.29, 0.717) is 16.9 Å². The Hall–Kier alpha value is -2.49. The Labute approximate surface area is 105 Å². The number of nitrogens with two attached hydrogens (primary N) is 1. The molecule has 1 amide bonds. The van der Waals surface area contributed by atoms with Gasteiger partial charge in [-0.15, -0.1) is 0 Å². The molecule has 4 N–H and O–H groups in total. The highest BCUT2D eigenvalue weighted by Gasteiger charge is 2.06. The van der Waals surface area contributed by atoms with Crippen molar-refractivity contribution in [3.05, 3.63) is 53.6 Å². The van der Waals surface area contributed by atoms with E-state index in [1.165, 1.54) is 12.1 Å². The maximum Gasteiger partial charge on any atom is 0.255 e. The Bertz CT molecular complexity index is 577. The zero-order valence-electron chi connectivity index (χ0n) is 9.97. The third kappa shape index (κ3) is 2.60.